The third-order valence-electron chi connectivity index (χ3n) is 6.62. The van der Waals surface area contributed by atoms with Crippen molar-refractivity contribution in [2.45, 2.75) is 25.0 Å². The molecule has 1 atom stereocenters. The summed E-state index contributed by atoms with van der Waals surface area (Å²) in [5.74, 6) is 2.51. The summed E-state index contributed by atoms with van der Waals surface area (Å²) >= 11 is 16.6. The first kappa shape index (κ1) is 23.0. The molecule has 4 aromatic rings. The maximum Gasteiger partial charge on any atom is 0.228 e. The summed E-state index contributed by atoms with van der Waals surface area (Å²) in [6.45, 7) is 2.51. The molecular weight excluding hydrogens is 557 g/mol. The number of benzene rings is 1. The Morgan fingerprint density at radius 1 is 1.26 bits per heavy atom. The average Bonchev–Trinajstić information content (AvgIpc) is 3.57. The van der Waals surface area contributed by atoms with Crippen LogP contribution in [0.15, 0.2) is 35.6 Å². The predicted octanol–water partition coefficient (Wildman–Crippen LogP) is 4.65. The van der Waals surface area contributed by atoms with Crippen molar-refractivity contribution in [2.24, 2.45) is 5.92 Å². The Bertz CT molecular complexity index is 1330. The Labute approximate surface area is 219 Å². The fraction of sp³-hybridized carbons (Fsp3) is 0.409. The van der Waals surface area contributed by atoms with Crippen LogP contribution in [-0.2, 0) is 4.74 Å². The minimum Gasteiger partial charge on any atom is -0.369 e. The summed E-state index contributed by atoms with van der Waals surface area (Å²) in [6, 6.07) is 2.35. The lowest BCUT2D eigenvalue weighted by molar-refractivity contribution is 0.0337. The summed E-state index contributed by atoms with van der Waals surface area (Å²) < 4.78 is 8.68. The van der Waals surface area contributed by atoms with Crippen LogP contribution >= 0.6 is 39.1 Å². The molecule has 182 valence electrons. The van der Waals surface area contributed by atoms with Crippen LogP contribution in [0.3, 0.4) is 0 Å². The van der Waals surface area contributed by atoms with Crippen molar-refractivity contribution in [1.82, 2.24) is 34.7 Å². The molecule has 3 aromatic heterocycles. The maximum atomic E-state index is 6.68. The van der Waals surface area contributed by atoms with Gasteiger partial charge in [-0.25, -0.2) is 15.0 Å². The van der Waals surface area contributed by atoms with Gasteiger partial charge in [-0.3, -0.25) is 5.10 Å². The number of morpholine rings is 1. The summed E-state index contributed by atoms with van der Waals surface area (Å²) in [5, 5.41) is 12.1. The average molecular weight is 579 g/mol. The van der Waals surface area contributed by atoms with Crippen molar-refractivity contribution in [2.75, 3.05) is 36.5 Å². The number of aromatic nitrogens is 7. The van der Waals surface area contributed by atoms with Gasteiger partial charge in [-0.15, -0.1) is 0 Å². The minimum absolute atomic E-state index is 0.246. The molecule has 1 saturated carbocycles. The molecule has 13 heteroatoms. The normalized spacial score (nSPS) is 22.4. The standard InChI is InChI=1S/C22H22BrCl2N9O/c23-17-15(24)7-14-19(18(17)25)30-22(33-3-4-35-16(9-33)21-28-10-29-32-21)31-20(14)27-8-12-5-13(6-12)34-2-1-26-11-34/h1-2,7,10-13,16H,3-6,8-9H2,(H,27,30,31)(H,28,29,32). The van der Waals surface area contributed by atoms with E-state index in [-0.39, 0.29) is 6.10 Å². The highest BCUT2D eigenvalue weighted by Gasteiger charge is 2.31. The molecule has 0 radical (unpaired) electrons. The molecule has 0 amide bonds. The first-order chi connectivity index (χ1) is 17.1. The summed E-state index contributed by atoms with van der Waals surface area (Å²) in [5.41, 5.74) is 0.642. The molecule has 10 nitrogen and oxygen atoms in total. The van der Waals surface area contributed by atoms with Crippen molar-refractivity contribution in [3.05, 3.63) is 51.5 Å². The lowest BCUT2D eigenvalue weighted by atomic mass is 9.80. The summed E-state index contributed by atoms with van der Waals surface area (Å²) in [7, 11) is 0. The second-order valence-corrected chi connectivity index (χ2v) is 10.4. The lowest BCUT2D eigenvalue weighted by Crippen LogP contribution is -2.40. The van der Waals surface area contributed by atoms with E-state index >= 15 is 0 Å². The van der Waals surface area contributed by atoms with Crippen molar-refractivity contribution < 1.29 is 4.74 Å². The zero-order valence-corrected chi connectivity index (χ0v) is 21.6. The van der Waals surface area contributed by atoms with Crippen LogP contribution in [0.5, 0.6) is 0 Å². The fourth-order valence-corrected chi connectivity index (χ4v) is 5.44. The highest BCUT2D eigenvalue weighted by molar-refractivity contribution is 9.10. The first-order valence-corrected chi connectivity index (χ1v) is 12.9. The minimum atomic E-state index is -0.246. The molecule has 2 fully saturated rings. The largest absolute Gasteiger partial charge is 0.369 e. The van der Waals surface area contributed by atoms with Crippen LogP contribution < -0.4 is 10.2 Å². The molecular formula is C22H22BrCl2N9O. The molecule has 0 spiro atoms. The fourth-order valence-electron chi connectivity index (χ4n) is 4.64. The van der Waals surface area contributed by atoms with Gasteiger partial charge in [-0.05, 0) is 40.8 Å². The third kappa shape index (κ3) is 4.46. The van der Waals surface area contributed by atoms with Crippen LogP contribution in [0.25, 0.3) is 10.9 Å². The van der Waals surface area contributed by atoms with Crippen molar-refractivity contribution in [3.63, 3.8) is 0 Å². The molecule has 1 saturated heterocycles. The number of anilines is 2. The van der Waals surface area contributed by atoms with Gasteiger partial charge in [0.25, 0.3) is 0 Å². The molecule has 1 aliphatic heterocycles. The lowest BCUT2D eigenvalue weighted by Gasteiger charge is -2.36. The third-order valence-corrected chi connectivity index (χ3v) is 8.56. The van der Waals surface area contributed by atoms with Crippen LogP contribution in [0.4, 0.5) is 11.8 Å². The zero-order valence-electron chi connectivity index (χ0n) is 18.5. The van der Waals surface area contributed by atoms with E-state index < -0.39 is 0 Å². The molecule has 0 bridgehead atoms. The molecule has 2 N–H and O–H groups in total. The van der Waals surface area contributed by atoms with Gasteiger partial charge in [-0.2, -0.15) is 10.1 Å². The number of hydrogen-bond acceptors (Lipinski definition) is 8. The Morgan fingerprint density at radius 2 is 2.14 bits per heavy atom. The second kappa shape index (κ2) is 9.53. The number of nitrogens with one attached hydrogen (secondary N) is 2. The summed E-state index contributed by atoms with van der Waals surface area (Å²) in [6.07, 6.45) is 9.15. The van der Waals surface area contributed by atoms with E-state index in [4.69, 9.17) is 37.9 Å². The Hall–Kier alpha value is -2.47. The van der Waals surface area contributed by atoms with Gasteiger partial charge in [0.15, 0.2) is 5.82 Å². The molecule has 2 aliphatic rings. The number of halogens is 3. The summed E-state index contributed by atoms with van der Waals surface area (Å²) in [4.78, 5) is 20.2. The monoisotopic (exact) mass is 577 g/mol. The van der Waals surface area contributed by atoms with E-state index in [1.165, 1.54) is 6.33 Å². The number of rotatable bonds is 6. The highest BCUT2D eigenvalue weighted by atomic mass is 79.9. The van der Waals surface area contributed by atoms with E-state index in [1.54, 1.807) is 0 Å². The van der Waals surface area contributed by atoms with Crippen molar-refractivity contribution in [3.8, 4) is 0 Å². The van der Waals surface area contributed by atoms with Crippen LogP contribution in [0.2, 0.25) is 10.0 Å². The number of fused-ring (bicyclic) bond motifs is 1. The number of ether oxygens (including phenoxy) is 1. The van der Waals surface area contributed by atoms with E-state index in [0.29, 0.717) is 63.5 Å². The van der Waals surface area contributed by atoms with Crippen LogP contribution in [-0.4, -0.2) is 60.9 Å². The number of H-pyrrole nitrogens is 1. The Morgan fingerprint density at radius 3 is 2.91 bits per heavy atom. The zero-order chi connectivity index (χ0) is 23.9. The smallest absolute Gasteiger partial charge is 0.228 e. The molecule has 6 rings (SSSR count). The van der Waals surface area contributed by atoms with Gasteiger partial charge in [0, 0.05) is 36.9 Å². The van der Waals surface area contributed by atoms with Gasteiger partial charge in [0.1, 0.15) is 18.2 Å². The topological polar surface area (TPSA) is 110 Å². The first-order valence-electron chi connectivity index (χ1n) is 11.3. The Kier molecular flexibility index (Phi) is 6.25. The van der Waals surface area contributed by atoms with E-state index in [0.717, 1.165) is 30.6 Å². The molecule has 1 aromatic carbocycles. The van der Waals surface area contributed by atoms with Gasteiger partial charge in [0.2, 0.25) is 5.95 Å². The number of hydrogen-bond donors (Lipinski definition) is 2. The Balaban J connectivity index is 1.27. The number of aromatic amines is 1. The number of nitrogens with zero attached hydrogens (tertiary/aromatic N) is 7. The van der Waals surface area contributed by atoms with E-state index in [9.17, 15) is 0 Å². The quantitative estimate of drug-likeness (QED) is 0.318. The highest BCUT2D eigenvalue weighted by Crippen LogP contribution is 2.41. The van der Waals surface area contributed by atoms with Crippen LogP contribution in [0.1, 0.15) is 30.8 Å². The predicted molar refractivity (Wildman–Crippen MR) is 137 cm³/mol. The van der Waals surface area contributed by atoms with Gasteiger partial charge < -0.3 is 19.5 Å². The maximum absolute atomic E-state index is 6.68. The molecule has 1 aliphatic carbocycles. The number of imidazole rings is 1. The molecule has 1 unspecified atom stereocenters. The van der Waals surface area contributed by atoms with Crippen molar-refractivity contribution >= 4 is 61.8 Å². The molecule has 35 heavy (non-hydrogen) atoms. The van der Waals surface area contributed by atoms with E-state index in [2.05, 4.69) is 50.9 Å². The van der Waals surface area contributed by atoms with Gasteiger partial charge in [0.05, 0.1) is 39.5 Å². The van der Waals surface area contributed by atoms with Gasteiger partial charge in [-0.1, -0.05) is 23.2 Å². The molecule has 4 heterocycles. The van der Waals surface area contributed by atoms with E-state index in [1.807, 2.05) is 24.8 Å². The van der Waals surface area contributed by atoms with Crippen molar-refractivity contribution in [1.29, 1.82) is 0 Å². The van der Waals surface area contributed by atoms with Gasteiger partial charge >= 0.3 is 0 Å². The van der Waals surface area contributed by atoms with Crippen LogP contribution in [0, 0.1) is 5.92 Å². The second-order valence-electron chi connectivity index (χ2n) is 8.81. The SMILES string of the molecule is Clc1cc2c(NCC3CC(n4ccnc4)C3)nc(N3CCOC(c4ncn[nH]4)C3)nc2c(Cl)c1Br.